The maximum absolute atomic E-state index is 12.9. The van der Waals surface area contributed by atoms with E-state index in [-0.39, 0.29) is 17.9 Å². The van der Waals surface area contributed by atoms with Gasteiger partial charge in [-0.15, -0.1) is 0 Å². The van der Waals surface area contributed by atoms with Crippen molar-refractivity contribution in [2.45, 2.75) is 32.7 Å². The Morgan fingerprint density at radius 1 is 1.36 bits per heavy atom. The Labute approximate surface area is 147 Å². The minimum atomic E-state index is -0.291. The zero-order valence-electron chi connectivity index (χ0n) is 14.7. The largest absolute Gasteiger partial charge is 0.373 e. The van der Waals surface area contributed by atoms with Crippen molar-refractivity contribution in [2.75, 3.05) is 22.1 Å². The van der Waals surface area contributed by atoms with E-state index >= 15 is 0 Å². The van der Waals surface area contributed by atoms with E-state index in [4.69, 9.17) is 0 Å². The van der Waals surface area contributed by atoms with Crippen LogP contribution in [0.2, 0.25) is 0 Å². The summed E-state index contributed by atoms with van der Waals surface area (Å²) in [6, 6.07) is 5.36. The summed E-state index contributed by atoms with van der Waals surface area (Å²) in [7, 11) is 1.84. The lowest BCUT2D eigenvalue weighted by Crippen LogP contribution is -2.47. The van der Waals surface area contributed by atoms with Gasteiger partial charge in [-0.3, -0.25) is 14.3 Å². The highest BCUT2D eigenvalue weighted by Crippen LogP contribution is 2.26. The molecule has 0 bridgehead atoms. The van der Waals surface area contributed by atoms with Crippen molar-refractivity contribution in [1.29, 1.82) is 0 Å². The second-order valence-electron chi connectivity index (χ2n) is 6.41. The van der Waals surface area contributed by atoms with Gasteiger partial charge in [-0.05, 0) is 37.5 Å². The van der Waals surface area contributed by atoms with E-state index in [0.717, 1.165) is 29.8 Å². The third-order valence-corrected chi connectivity index (χ3v) is 4.33. The number of nitrogens with zero attached hydrogens (tertiary/aromatic N) is 3. The first-order valence-corrected chi connectivity index (χ1v) is 8.39. The molecule has 7 nitrogen and oxygen atoms in total. The maximum Gasteiger partial charge on any atom is 0.249 e. The third kappa shape index (κ3) is 3.81. The number of anilines is 3. The van der Waals surface area contributed by atoms with Gasteiger partial charge in [-0.2, -0.15) is 5.10 Å². The molecule has 7 heteroatoms. The number of carbonyl (C=O) groups is 2. The molecule has 0 saturated carbocycles. The van der Waals surface area contributed by atoms with Crippen molar-refractivity contribution in [2.24, 2.45) is 7.05 Å². The Kier molecular flexibility index (Phi) is 4.74. The quantitative estimate of drug-likeness (QED) is 0.894. The number of carbonyl (C=O) groups excluding carboxylic acids is 2. The van der Waals surface area contributed by atoms with E-state index in [1.807, 2.05) is 38.4 Å². The molecule has 2 heterocycles. The standard InChI is InChI=1S/C18H23N5O2/c1-12-6-7-14(20-13(2)24)9-17(12)21-16-5-4-8-23(18(16)25)15-10-19-22(3)11-15/h6-7,9-11,16,21H,4-5,8H2,1-3H3,(H,20,24)/t16-/m1/s1. The molecule has 1 saturated heterocycles. The van der Waals surface area contributed by atoms with Crippen LogP contribution < -0.4 is 15.5 Å². The number of rotatable bonds is 4. The lowest BCUT2D eigenvalue weighted by molar-refractivity contribution is -0.120. The molecular formula is C18H23N5O2. The maximum atomic E-state index is 12.9. The number of hydrogen-bond donors (Lipinski definition) is 2. The number of amides is 2. The van der Waals surface area contributed by atoms with Crippen LogP contribution in [0.15, 0.2) is 30.6 Å². The van der Waals surface area contributed by atoms with Crippen LogP contribution in [0.3, 0.4) is 0 Å². The fourth-order valence-corrected chi connectivity index (χ4v) is 3.06. The van der Waals surface area contributed by atoms with E-state index in [2.05, 4.69) is 15.7 Å². The van der Waals surface area contributed by atoms with E-state index in [9.17, 15) is 9.59 Å². The number of aromatic nitrogens is 2. The highest BCUT2D eigenvalue weighted by Gasteiger charge is 2.30. The SMILES string of the molecule is CC(=O)Nc1ccc(C)c(N[C@@H]2CCCN(c3cnn(C)c3)C2=O)c1. The molecule has 0 radical (unpaired) electrons. The van der Waals surface area contributed by atoms with Gasteiger partial charge in [-0.1, -0.05) is 6.07 Å². The Morgan fingerprint density at radius 3 is 2.84 bits per heavy atom. The predicted molar refractivity (Wildman–Crippen MR) is 97.7 cm³/mol. The fraction of sp³-hybridized carbons (Fsp3) is 0.389. The lowest BCUT2D eigenvalue weighted by atomic mass is 10.0. The number of benzene rings is 1. The Balaban J connectivity index is 1.78. The van der Waals surface area contributed by atoms with Crippen molar-refractivity contribution in [3.05, 3.63) is 36.2 Å². The summed E-state index contributed by atoms with van der Waals surface area (Å²) in [5.41, 5.74) is 3.42. The van der Waals surface area contributed by atoms with E-state index in [1.165, 1.54) is 6.92 Å². The molecule has 2 amide bonds. The second kappa shape index (κ2) is 6.96. The molecule has 0 aliphatic carbocycles. The van der Waals surface area contributed by atoms with E-state index < -0.39 is 0 Å². The molecule has 0 unspecified atom stereocenters. The minimum absolute atomic E-state index is 0.0450. The molecule has 0 spiro atoms. The summed E-state index contributed by atoms with van der Waals surface area (Å²) < 4.78 is 1.70. The third-order valence-electron chi connectivity index (χ3n) is 4.33. The van der Waals surface area contributed by atoms with Crippen LogP contribution >= 0.6 is 0 Å². The molecule has 1 aliphatic rings. The van der Waals surface area contributed by atoms with E-state index in [1.54, 1.807) is 15.8 Å². The molecular weight excluding hydrogens is 318 g/mol. The van der Waals surface area contributed by atoms with Gasteiger partial charge >= 0.3 is 0 Å². The molecule has 2 aromatic rings. The Bertz CT molecular complexity index is 799. The monoisotopic (exact) mass is 341 g/mol. The van der Waals surface area contributed by atoms with Crippen LogP contribution in [0.5, 0.6) is 0 Å². The van der Waals surface area contributed by atoms with E-state index in [0.29, 0.717) is 12.2 Å². The molecule has 25 heavy (non-hydrogen) atoms. The number of nitrogens with one attached hydrogen (secondary N) is 2. The first-order chi connectivity index (χ1) is 11.9. The van der Waals surface area contributed by atoms with Gasteiger partial charge in [-0.25, -0.2) is 0 Å². The number of hydrogen-bond acceptors (Lipinski definition) is 4. The smallest absolute Gasteiger partial charge is 0.249 e. The van der Waals surface area contributed by atoms with Crippen molar-refractivity contribution in [3.63, 3.8) is 0 Å². The molecule has 1 fully saturated rings. The number of aryl methyl sites for hydroxylation is 2. The summed E-state index contributed by atoms with van der Waals surface area (Å²) in [6.07, 6.45) is 5.26. The lowest BCUT2D eigenvalue weighted by Gasteiger charge is -2.32. The molecule has 2 N–H and O–H groups in total. The van der Waals surface area contributed by atoms with Gasteiger partial charge in [0.2, 0.25) is 11.8 Å². The molecule has 132 valence electrons. The molecule has 1 aromatic carbocycles. The zero-order chi connectivity index (χ0) is 18.0. The van der Waals surface area contributed by atoms with Crippen molar-refractivity contribution in [1.82, 2.24) is 9.78 Å². The predicted octanol–water partition coefficient (Wildman–Crippen LogP) is 2.29. The summed E-state index contributed by atoms with van der Waals surface area (Å²) in [5, 5.41) is 10.3. The van der Waals surface area contributed by atoms with Gasteiger partial charge < -0.3 is 15.5 Å². The number of piperidine rings is 1. The van der Waals surface area contributed by atoms with Crippen molar-refractivity contribution >= 4 is 28.9 Å². The normalized spacial score (nSPS) is 17.5. The first-order valence-electron chi connectivity index (χ1n) is 8.39. The average Bonchev–Trinajstić information content (AvgIpc) is 2.98. The summed E-state index contributed by atoms with van der Waals surface area (Å²) in [5.74, 6) is -0.0742. The van der Waals surface area contributed by atoms with Crippen molar-refractivity contribution in [3.8, 4) is 0 Å². The summed E-state index contributed by atoms with van der Waals surface area (Å²) in [4.78, 5) is 25.9. The Morgan fingerprint density at radius 2 is 2.16 bits per heavy atom. The zero-order valence-corrected chi connectivity index (χ0v) is 14.7. The summed E-state index contributed by atoms with van der Waals surface area (Å²) in [6.45, 7) is 4.16. The highest BCUT2D eigenvalue weighted by atomic mass is 16.2. The molecule has 1 aromatic heterocycles. The van der Waals surface area contributed by atoms with Crippen LogP contribution in [-0.2, 0) is 16.6 Å². The topological polar surface area (TPSA) is 79.3 Å². The van der Waals surface area contributed by atoms with Gasteiger partial charge in [0.15, 0.2) is 0 Å². The van der Waals surface area contributed by atoms with Crippen LogP contribution in [0, 0.1) is 6.92 Å². The molecule has 1 atom stereocenters. The van der Waals surface area contributed by atoms with Crippen molar-refractivity contribution < 1.29 is 9.59 Å². The highest BCUT2D eigenvalue weighted by molar-refractivity contribution is 5.99. The minimum Gasteiger partial charge on any atom is -0.373 e. The fourth-order valence-electron chi connectivity index (χ4n) is 3.06. The summed E-state index contributed by atoms with van der Waals surface area (Å²) >= 11 is 0. The van der Waals surface area contributed by atoms with Gasteiger partial charge in [0.05, 0.1) is 11.9 Å². The van der Waals surface area contributed by atoms with Crippen LogP contribution in [0.4, 0.5) is 17.1 Å². The second-order valence-corrected chi connectivity index (χ2v) is 6.41. The van der Waals surface area contributed by atoms with Crippen LogP contribution in [0.1, 0.15) is 25.3 Å². The van der Waals surface area contributed by atoms with Crippen LogP contribution in [0.25, 0.3) is 0 Å². The molecule has 3 rings (SSSR count). The molecule has 1 aliphatic heterocycles. The van der Waals surface area contributed by atoms with Gasteiger partial charge in [0, 0.05) is 38.1 Å². The first kappa shape index (κ1) is 17.0. The Hall–Kier alpha value is -2.83. The van der Waals surface area contributed by atoms with Gasteiger partial charge in [0.25, 0.3) is 0 Å². The average molecular weight is 341 g/mol. The van der Waals surface area contributed by atoms with Crippen LogP contribution in [-0.4, -0.2) is 34.2 Å². The van der Waals surface area contributed by atoms with Gasteiger partial charge in [0.1, 0.15) is 6.04 Å².